The molecule has 2 aromatic rings. The zero-order valence-electron chi connectivity index (χ0n) is 23.0. The van der Waals surface area contributed by atoms with Crippen LogP contribution in [0.15, 0.2) is 36.4 Å². The lowest BCUT2D eigenvalue weighted by Crippen LogP contribution is -2.36. The first kappa shape index (κ1) is 27.1. The van der Waals surface area contributed by atoms with E-state index in [-0.39, 0.29) is 17.8 Å². The van der Waals surface area contributed by atoms with Gasteiger partial charge in [-0.3, -0.25) is 9.69 Å². The fourth-order valence-corrected chi connectivity index (χ4v) is 6.26. The van der Waals surface area contributed by atoms with E-state index < -0.39 is 12.0 Å². The van der Waals surface area contributed by atoms with Gasteiger partial charge in [0, 0.05) is 31.9 Å². The molecule has 2 saturated heterocycles. The maximum atomic E-state index is 12.5. The van der Waals surface area contributed by atoms with E-state index in [0.717, 1.165) is 87.1 Å². The number of carboxylic acids is 1. The Morgan fingerprint density at radius 3 is 2.92 bits per heavy atom. The molecule has 4 heterocycles. The third-order valence-corrected chi connectivity index (χ3v) is 8.25. The molecule has 1 aromatic heterocycles. The van der Waals surface area contributed by atoms with Crippen LogP contribution in [0, 0.1) is 0 Å². The Balaban J connectivity index is 1.13. The van der Waals surface area contributed by atoms with E-state index >= 15 is 0 Å². The summed E-state index contributed by atoms with van der Waals surface area (Å²) >= 11 is 0. The van der Waals surface area contributed by atoms with Crippen LogP contribution in [0.3, 0.4) is 0 Å². The zero-order chi connectivity index (χ0) is 26.5. The lowest BCUT2D eigenvalue weighted by molar-refractivity contribution is -0.143. The number of anilines is 1. The van der Waals surface area contributed by atoms with Crippen LogP contribution in [-0.2, 0) is 27.1 Å². The average Bonchev–Trinajstić information content (AvgIpc) is 3.36. The van der Waals surface area contributed by atoms with E-state index in [9.17, 15) is 9.90 Å². The number of benzene rings is 1. The number of carbonyl (C=O) groups is 1. The van der Waals surface area contributed by atoms with Crippen LogP contribution in [0.2, 0.25) is 0 Å². The number of nitrogens with zero attached hydrogens (tertiary/aromatic N) is 2. The predicted octanol–water partition coefficient (Wildman–Crippen LogP) is 5.70. The normalized spacial score (nSPS) is 23.9. The number of rotatable bonds is 10. The van der Waals surface area contributed by atoms with Gasteiger partial charge in [0.1, 0.15) is 11.9 Å². The van der Waals surface area contributed by atoms with Crippen LogP contribution >= 0.6 is 0 Å². The molecule has 0 saturated carbocycles. The van der Waals surface area contributed by atoms with Crippen LogP contribution in [-0.4, -0.2) is 58.9 Å². The number of aliphatic carboxylic acids is 1. The number of fused-ring (bicyclic) bond motifs is 1. The van der Waals surface area contributed by atoms with Crippen molar-refractivity contribution in [3.63, 3.8) is 0 Å². The van der Waals surface area contributed by atoms with E-state index in [0.29, 0.717) is 13.2 Å². The third kappa shape index (κ3) is 6.56. The minimum Gasteiger partial charge on any atom is -0.480 e. The first-order valence-electron chi connectivity index (χ1n) is 14.5. The maximum Gasteiger partial charge on any atom is 0.325 e. The highest BCUT2D eigenvalue weighted by Crippen LogP contribution is 2.40. The van der Waals surface area contributed by atoms with Crippen molar-refractivity contribution in [2.24, 2.45) is 0 Å². The van der Waals surface area contributed by atoms with E-state index in [2.05, 4.69) is 42.3 Å². The van der Waals surface area contributed by atoms with E-state index in [1.165, 1.54) is 12.0 Å². The molecule has 2 N–H and O–H groups in total. The fraction of sp³-hybridized carbons (Fsp3) is 0.613. The number of hydrogen-bond donors (Lipinski definition) is 2. The molecule has 0 bridgehead atoms. The van der Waals surface area contributed by atoms with Crippen LogP contribution in [0.1, 0.15) is 93.3 Å². The van der Waals surface area contributed by atoms with Crippen LogP contribution in [0.25, 0.3) is 0 Å². The topological polar surface area (TPSA) is 83.9 Å². The number of nitrogens with one attached hydrogen (secondary N) is 1. The summed E-state index contributed by atoms with van der Waals surface area (Å²) < 4.78 is 12.6. The van der Waals surface area contributed by atoms with Gasteiger partial charge in [-0.2, -0.15) is 0 Å². The van der Waals surface area contributed by atoms with Gasteiger partial charge < -0.3 is 19.9 Å². The number of carboxylic acid groups (broad SMARTS) is 1. The molecule has 3 aliphatic heterocycles. The summed E-state index contributed by atoms with van der Waals surface area (Å²) in [5.41, 5.74) is 4.15. The highest BCUT2D eigenvalue weighted by Gasteiger charge is 2.37. The molecule has 1 aromatic carbocycles. The van der Waals surface area contributed by atoms with Crippen LogP contribution in [0.5, 0.6) is 0 Å². The standard InChI is InChI=1S/C31H43N3O4/c1-31(2)17-7-13-27(38-31)25-11-3-4-12-26(25)28(30(35)36)34-19-16-24(21-34)37-20-6-5-10-23-15-14-22-9-8-18-32-29(22)33-23/h3-4,11-12,14-15,24,27-28H,5-10,13,16-21H2,1-2H3,(H,32,33)(H,35,36)/t24-,27?,28+/m1/s1. The summed E-state index contributed by atoms with van der Waals surface area (Å²) in [6, 6.07) is 11.6. The van der Waals surface area contributed by atoms with Gasteiger partial charge in [0.2, 0.25) is 0 Å². The Bertz CT molecular complexity index is 1100. The van der Waals surface area contributed by atoms with E-state index in [4.69, 9.17) is 14.5 Å². The summed E-state index contributed by atoms with van der Waals surface area (Å²) in [6.07, 6.45) is 9.16. The van der Waals surface area contributed by atoms with Crippen molar-refractivity contribution in [2.45, 2.75) is 95.5 Å². The highest BCUT2D eigenvalue weighted by molar-refractivity contribution is 5.76. The van der Waals surface area contributed by atoms with Crippen molar-refractivity contribution in [1.29, 1.82) is 0 Å². The summed E-state index contributed by atoms with van der Waals surface area (Å²) in [4.78, 5) is 19.4. The van der Waals surface area contributed by atoms with Crippen molar-refractivity contribution in [3.05, 3.63) is 58.8 Å². The number of likely N-dealkylation sites (tertiary alicyclic amines) is 1. The summed E-state index contributed by atoms with van der Waals surface area (Å²) in [7, 11) is 0. The Hall–Kier alpha value is -2.48. The van der Waals surface area contributed by atoms with Crippen molar-refractivity contribution < 1.29 is 19.4 Å². The average molecular weight is 522 g/mol. The predicted molar refractivity (Wildman–Crippen MR) is 148 cm³/mol. The number of unbranched alkanes of at least 4 members (excludes halogenated alkanes) is 1. The first-order chi connectivity index (χ1) is 18.4. The van der Waals surface area contributed by atoms with Crippen molar-refractivity contribution >= 4 is 11.8 Å². The molecule has 5 rings (SSSR count). The lowest BCUT2D eigenvalue weighted by Gasteiger charge is -2.38. The molecule has 0 amide bonds. The van der Waals surface area contributed by atoms with Crippen molar-refractivity contribution in [2.75, 3.05) is 31.6 Å². The van der Waals surface area contributed by atoms with Crippen LogP contribution < -0.4 is 5.32 Å². The molecule has 7 heteroatoms. The molecule has 206 valence electrons. The van der Waals surface area contributed by atoms with Gasteiger partial charge in [-0.15, -0.1) is 0 Å². The number of ether oxygens (including phenoxy) is 2. The van der Waals surface area contributed by atoms with E-state index in [1.54, 1.807) is 0 Å². The first-order valence-corrected chi connectivity index (χ1v) is 14.5. The molecular weight excluding hydrogens is 478 g/mol. The van der Waals surface area contributed by atoms with Gasteiger partial charge in [0.15, 0.2) is 0 Å². The second-order valence-corrected chi connectivity index (χ2v) is 11.7. The molecule has 38 heavy (non-hydrogen) atoms. The van der Waals surface area contributed by atoms with Gasteiger partial charge in [-0.25, -0.2) is 4.98 Å². The van der Waals surface area contributed by atoms with Crippen molar-refractivity contribution in [1.82, 2.24) is 9.88 Å². The Kier molecular flexibility index (Phi) is 8.66. The molecule has 0 spiro atoms. The smallest absolute Gasteiger partial charge is 0.325 e. The number of pyridine rings is 1. The second kappa shape index (κ2) is 12.1. The Labute approximate surface area is 226 Å². The largest absolute Gasteiger partial charge is 0.480 e. The van der Waals surface area contributed by atoms with Gasteiger partial charge in [-0.1, -0.05) is 30.3 Å². The van der Waals surface area contributed by atoms with Crippen molar-refractivity contribution in [3.8, 4) is 0 Å². The third-order valence-electron chi connectivity index (χ3n) is 8.25. The molecular formula is C31H43N3O4. The van der Waals surface area contributed by atoms with Gasteiger partial charge in [0.25, 0.3) is 0 Å². The highest BCUT2D eigenvalue weighted by atomic mass is 16.5. The second-order valence-electron chi connectivity index (χ2n) is 11.7. The molecule has 0 radical (unpaired) electrons. The summed E-state index contributed by atoms with van der Waals surface area (Å²) in [5.74, 6) is 0.254. The molecule has 3 aliphatic rings. The van der Waals surface area contributed by atoms with Crippen LogP contribution in [0.4, 0.5) is 5.82 Å². The number of aromatic nitrogens is 1. The van der Waals surface area contributed by atoms with Gasteiger partial charge in [-0.05, 0) is 94.4 Å². The Morgan fingerprint density at radius 1 is 1.21 bits per heavy atom. The summed E-state index contributed by atoms with van der Waals surface area (Å²) in [5, 5.41) is 13.7. The lowest BCUT2D eigenvalue weighted by atomic mass is 9.88. The maximum absolute atomic E-state index is 12.5. The zero-order valence-corrected chi connectivity index (χ0v) is 23.0. The summed E-state index contributed by atoms with van der Waals surface area (Å²) in [6.45, 7) is 7.32. The SMILES string of the molecule is CC1(C)CCCC(c2ccccc2[C@@H](C(=O)O)N2CC[C@@H](OCCCCc3ccc4c(n3)NCCC4)C2)O1. The molecule has 2 fully saturated rings. The van der Waals surface area contributed by atoms with Gasteiger partial charge >= 0.3 is 5.97 Å². The quantitative estimate of drug-likeness (QED) is 0.388. The minimum absolute atomic E-state index is 0.0631. The number of hydrogen-bond acceptors (Lipinski definition) is 6. The number of aryl methyl sites for hydroxylation is 2. The minimum atomic E-state index is -0.805. The van der Waals surface area contributed by atoms with E-state index in [1.807, 2.05) is 18.2 Å². The Morgan fingerprint density at radius 2 is 2.08 bits per heavy atom. The fourth-order valence-electron chi connectivity index (χ4n) is 6.26. The molecule has 1 unspecified atom stereocenters. The molecule has 0 aliphatic carbocycles. The monoisotopic (exact) mass is 521 g/mol. The van der Waals surface area contributed by atoms with Gasteiger partial charge in [0.05, 0.1) is 17.8 Å². The molecule has 3 atom stereocenters. The molecule has 7 nitrogen and oxygen atoms in total.